The van der Waals surface area contributed by atoms with Gasteiger partial charge in [0.1, 0.15) is 5.76 Å². The van der Waals surface area contributed by atoms with Gasteiger partial charge >= 0.3 is 0 Å². The fourth-order valence-corrected chi connectivity index (χ4v) is 5.29. The van der Waals surface area contributed by atoms with E-state index in [1.807, 2.05) is 6.07 Å². The van der Waals surface area contributed by atoms with Gasteiger partial charge in [0.05, 0.1) is 12.8 Å². The van der Waals surface area contributed by atoms with Crippen LogP contribution in [0.2, 0.25) is 0 Å². The van der Waals surface area contributed by atoms with Crippen molar-refractivity contribution in [2.45, 2.75) is 31.8 Å². The van der Waals surface area contributed by atoms with Gasteiger partial charge in [-0.2, -0.15) is 0 Å². The predicted molar refractivity (Wildman–Crippen MR) is 132 cm³/mol. The summed E-state index contributed by atoms with van der Waals surface area (Å²) in [5.74, 6) is 2.19. The number of hydrogen-bond donors (Lipinski definition) is 1. The summed E-state index contributed by atoms with van der Waals surface area (Å²) in [6, 6.07) is 30.8. The lowest BCUT2D eigenvalue weighted by molar-refractivity contribution is 0.134. The second-order valence-corrected chi connectivity index (χ2v) is 9.08. The zero-order chi connectivity index (χ0) is 21.8. The van der Waals surface area contributed by atoms with Crippen LogP contribution in [0.3, 0.4) is 0 Å². The summed E-state index contributed by atoms with van der Waals surface area (Å²) in [5.41, 5.74) is 2.84. The van der Waals surface area contributed by atoms with Crippen LogP contribution in [0.1, 0.15) is 42.2 Å². The van der Waals surface area contributed by atoms with Crippen LogP contribution in [0.15, 0.2) is 95.6 Å². The number of hydrogen-bond acceptors (Lipinski definition) is 3. The zero-order valence-corrected chi connectivity index (χ0v) is 18.8. The van der Waals surface area contributed by atoms with Gasteiger partial charge in [-0.25, -0.2) is 0 Å². The summed E-state index contributed by atoms with van der Waals surface area (Å²) < 4.78 is 5.62. The molecule has 3 aromatic carbocycles. The van der Waals surface area contributed by atoms with Crippen molar-refractivity contribution in [1.82, 2.24) is 10.2 Å². The first-order valence-electron chi connectivity index (χ1n) is 11.8. The molecule has 164 valence electrons. The molecule has 32 heavy (non-hydrogen) atoms. The molecule has 1 aromatic heterocycles. The first-order valence-corrected chi connectivity index (χ1v) is 11.8. The molecule has 1 aliphatic rings. The molecule has 5 rings (SSSR count). The van der Waals surface area contributed by atoms with Crippen LogP contribution in [0.25, 0.3) is 10.8 Å². The van der Waals surface area contributed by atoms with Gasteiger partial charge in [-0.3, -0.25) is 4.90 Å². The number of fused-ring (bicyclic) bond motifs is 1. The number of rotatable bonds is 7. The van der Waals surface area contributed by atoms with Gasteiger partial charge in [-0.1, -0.05) is 72.8 Å². The molecule has 1 fully saturated rings. The van der Waals surface area contributed by atoms with E-state index in [1.54, 1.807) is 6.26 Å². The summed E-state index contributed by atoms with van der Waals surface area (Å²) in [5, 5.41) is 6.54. The Morgan fingerprint density at radius 1 is 0.938 bits per heavy atom. The van der Waals surface area contributed by atoms with E-state index in [0.717, 1.165) is 31.9 Å². The van der Waals surface area contributed by atoms with Crippen LogP contribution in [-0.4, -0.2) is 24.5 Å². The highest BCUT2D eigenvalue weighted by Crippen LogP contribution is 2.34. The van der Waals surface area contributed by atoms with Crippen molar-refractivity contribution in [2.75, 3.05) is 19.6 Å². The largest absolute Gasteiger partial charge is 0.468 e. The molecule has 1 aliphatic heterocycles. The third kappa shape index (κ3) is 4.64. The molecule has 1 N–H and O–H groups in total. The van der Waals surface area contributed by atoms with Crippen molar-refractivity contribution in [3.05, 3.63) is 108 Å². The van der Waals surface area contributed by atoms with Crippen LogP contribution in [0, 0.1) is 5.92 Å². The Hall–Kier alpha value is -2.88. The molecule has 1 saturated heterocycles. The molecule has 0 saturated carbocycles. The number of nitrogens with one attached hydrogen (secondary N) is 1. The molecule has 3 heteroatoms. The van der Waals surface area contributed by atoms with Gasteiger partial charge in [-0.05, 0) is 65.8 Å². The number of piperidine rings is 1. The van der Waals surface area contributed by atoms with E-state index in [-0.39, 0.29) is 0 Å². The maximum Gasteiger partial charge on any atom is 0.117 e. The van der Waals surface area contributed by atoms with Gasteiger partial charge in [0, 0.05) is 19.1 Å². The summed E-state index contributed by atoms with van der Waals surface area (Å²) >= 11 is 0. The highest BCUT2D eigenvalue weighted by atomic mass is 16.3. The van der Waals surface area contributed by atoms with E-state index in [9.17, 15) is 0 Å². The predicted octanol–water partition coefficient (Wildman–Crippen LogP) is 6.39. The molecule has 3 atom stereocenters. The van der Waals surface area contributed by atoms with Gasteiger partial charge in [0.15, 0.2) is 0 Å². The summed E-state index contributed by atoms with van der Waals surface area (Å²) in [7, 11) is 0. The quantitative estimate of drug-likeness (QED) is 0.373. The van der Waals surface area contributed by atoms with E-state index in [1.165, 1.54) is 28.3 Å². The van der Waals surface area contributed by atoms with E-state index in [4.69, 9.17) is 4.42 Å². The number of benzene rings is 3. The third-order valence-electron chi connectivity index (χ3n) is 6.98. The van der Waals surface area contributed by atoms with E-state index in [0.29, 0.717) is 17.9 Å². The Balaban J connectivity index is 1.32. The first-order chi connectivity index (χ1) is 15.8. The number of likely N-dealkylation sites (tertiary alicyclic amines) is 1. The Morgan fingerprint density at radius 2 is 1.75 bits per heavy atom. The van der Waals surface area contributed by atoms with E-state index in [2.05, 4.69) is 96.0 Å². The summed E-state index contributed by atoms with van der Waals surface area (Å²) in [6.45, 7) is 6.37. The van der Waals surface area contributed by atoms with Crippen molar-refractivity contribution in [2.24, 2.45) is 5.92 Å². The minimum Gasteiger partial charge on any atom is -0.468 e. The average molecular weight is 425 g/mol. The Kier molecular flexibility index (Phi) is 6.38. The molecule has 3 nitrogen and oxygen atoms in total. The van der Waals surface area contributed by atoms with Crippen molar-refractivity contribution in [1.29, 1.82) is 0 Å². The normalized spacial score (nSPS) is 20.4. The average Bonchev–Trinajstić information content (AvgIpc) is 3.36. The molecule has 0 spiro atoms. The lowest BCUT2D eigenvalue weighted by Gasteiger charge is -2.39. The standard InChI is InChI=1S/C29H32N2O/c1-22(27-15-7-12-24-11-5-6-14-29(24)27)30-19-25-20-31(21-26-13-8-18-32-26)17-16-28(25)23-9-3-2-4-10-23/h2-15,18,22,25,28,30H,16-17,19-21H2,1H3/t22-,25?,28?/m1/s1. The molecular weight excluding hydrogens is 392 g/mol. The van der Waals surface area contributed by atoms with Crippen LogP contribution in [0.4, 0.5) is 0 Å². The molecule has 4 aromatic rings. The lowest BCUT2D eigenvalue weighted by atomic mass is 9.80. The fraction of sp³-hybridized carbons (Fsp3) is 0.310. The molecule has 2 heterocycles. The minimum absolute atomic E-state index is 0.304. The Morgan fingerprint density at radius 3 is 2.59 bits per heavy atom. The van der Waals surface area contributed by atoms with Crippen molar-refractivity contribution >= 4 is 10.8 Å². The molecule has 0 aliphatic carbocycles. The Bertz CT molecular complexity index is 1120. The van der Waals surface area contributed by atoms with E-state index >= 15 is 0 Å². The molecule has 0 radical (unpaired) electrons. The second kappa shape index (κ2) is 9.72. The number of furan rings is 1. The highest BCUT2D eigenvalue weighted by molar-refractivity contribution is 5.86. The lowest BCUT2D eigenvalue weighted by Crippen LogP contribution is -2.43. The number of nitrogens with zero attached hydrogens (tertiary/aromatic N) is 1. The summed E-state index contributed by atoms with van der Waals surface area (Å²) in [4.78, 5) is 2.55. The van der Waals surface area contributed by atoms with Crippen LogP contribution < -0.4 is 5.32 Å². The first kappa shape index (κ1) is 21.0. The monoisotopic (exact) mass is 424 g/mol. The smallest absolute Gasteiger partial charge is 0.117 e. The van der Waals surface area contributed by atoms with Gasteiger partial charge in [0.25, 0.3) is 0 Å². The molecular formula is C29H32N2O. The molecule has 0 bridgehead atoms. The Labute approximate surface area is 191 Å². The summed E-state index contributed by atoms with van der Waals surface area (Å²) in [6.07, 6.45) is 2.96. The maximum atomic E-state index is 5.62. The van der Waals surface area contributed by atoms with Crippen molar-refractivity contribution < 1.29 is 4.42 Å². The fourth-order valence-electron chi connectivity index (χ4n) is 5.29. The maximum absolute atomic E-state index is 5.62. The topological polar surface area (TPSA) is 28.4 Å². The van der Waals surface area contributed by atoms with Crippen LogP contribution in [-0.2, 0) is 6.54 Å². The highest BCUT2D eigenvalue weighted by Gasteiger charge is 2.30. The van der Waals surface area contributed by atoms with Crippen LogP contribution >= 0.6 is 0 Å². The van der Waals surface area contributed by atoms with Crippen molar-refractivity contribution in [3.63, 3.8) is 0 Å². The van der Waals surface area contributed by atoms with Gasteiger partial charge < -0.3 is 9.73 Å². The second-order valence-electron chi connectivity index (χ2n) is 9.08. The SMILES string of the molecule is C[C@@H](NCC1CN(Cc2ccco2)CCC1c1ccccc1)c1cccc2ccccc12. The zero-order valence-electron chi connectivity index (χ0n) is 18.8. The minimum atomic E-state index is 0.304. The van der Waals surface area contributed by atoms with E-state index < -0.39 is 0 Å². The van der Waals surface area contributed by atoms with Gasteiger partial charge in [-0.15, -0.1) is 0 Å². The van der Waals surface area contributed by atoms with Crippen LogP contribution in [0.5, 0.6) is 0 Å². The van der Waals surface area contributed by atoms with Crippen molar-refractivity contribution in [3.8, 4) is 0 Å². The van der Waals surface area contributed by atoms with Gasteiger partial charge in [0.2, 0.25) is 0 Å². The molecule has 2 unspecified atom stereocenters. The third-order valence-corrected chi connectivity index (χ3v) is 6.98. The molecule has 0 amide bonds.